The third kappa shape index (κ3) is 2.62. The molecule has 0 aromatic heterocycles. The highest BCUT2D eigenvalue weighted by atomic mass is 19.1. The number of halogens is 1. The molecule has 1 heterocycles. The smallest absolute Gasteiger partial charge is 0.256 e. The summed E-state index contributed by atoms with van der Waals surface area (Å²) in [5, 5.41) is 0. The number of para-hydroxylation sites is 1. The molecule has 5 nitrogen and oxygen atoms in total. The van der Waals surface area contributed by atoms with Crippen molar-refractivity contribution in [2.75, 3.05) is 32.1 Å². The summed E-state index contributed by atoms with van der Waals surface area (Å²) in [6, 6.07) is 4.39. The molecule has 6 heteroatoms. The summed E-state index contributed by atoms with van der Waals surface area (Å²) in [6.45, 7) is 6.18. The van der Waals surface area contributed by atoms with Crippen LogP contribution in [0.5, 0.6) is 0 Å². The van der Waals surface area contributed by atoms with E-state index in [-0.39, 0.29) is 22.7 Å². The maximum atomic E-state index is 13.7. The molecule has 0 spiro atoms. The Morgan fingerprint density at radius 3 is 2.70 bits per heavy atom. The van der Waals surface area contributed by atoms with Gasteiger partial charge >= 0.3 is 0 Å². The molecular formula is C14H21FN4O. The molecule has 1 aliphatic heterocycles. The van der Waals surface area contributed by atoms with Crippen LogP contribution in [-0.4, -0.2) is 47.9 Å². The highest BCUT2D eigenvalue weighted by molar-refractivity contribution is 5.99. The van der Waals surface area contributed by atoms with Gasteiger partial charge in [0.05, 0.1) is 11.3 Å². The SMILES string of the molecule is CN1CCN(C(=O)c2cccc(F)c2NN)CC1(C)C. The maximum absolute atomic E-state index is 13.7. The van der Waals surface area contributed by atoms with Crippen molar-refractivity contribution in [1.82, 2.24) is 9.80 Å². The number of nitrogens with zero attached hydrogens (tertiary/aromatic N) is 2. The number of hydrazine groups is 1. The Labute approximate surface area is 118 Å². The Morgan fingerprint density at radius 2 is 2.10 bits per heavy atom. The second-order valence-electron chi connectivity index (χ2n) is 5.77. The summed E-state index contributed by atoms with van der Waals surface area (Å²) >= 11 is 0. The fraction of sp³-hybridized carbons (Fsp3) is 0.500. The third-order valence-corrected chi connectivity index (χ3v) is 3.99. The van der Waals surface area contributed by atoms with Crippen molar-refractivity contribution in [3.8, 4) is 0 Å². The van der Waals surface area contributed by atoms with Gasteiger partial charge in [-0.2, -0.15) is 0 Å². The number of benzene rings is 1. The number of amides is 1. The van der Waals surface area contributed by atoms with Crippen LogP contribution in [0.15, 0.2) is 18.2 Å². The van der Waals surface area contributed by atoms with E-state index in [2.05, 4.69) is 24.2 Å². The summed E-state index contributed by atoms with van der Waals surface area (Å²) in [4.78, 5) is 16.5. The fourth-order valence-electron chi connectivity index (χ4n) is 2.43. The predicted octanol–water partition coefficient (Wildman–Crippen LogP) is 1.28. The number of rotatable bonds is 2. The van der Waals surface area contributed by atoms with E-state index in [4.69, 9.17) is 5.84 Å². The third-order valence-electron chi connectivity index (χ3n) is 3.99. The zero-order valence-corrected chi connectivity index (χ0v) is 12.1. The van der Waals surface area contributed by atoms with Gasteiger partial charge in [0.2, 0.25) is 0 Å². The number of carbonyl (C=O) groups is 1. The van der Waals surface area contributed by atoms with Crippen molar-refractivity contribution in [2.24, 2.45) is 5.84 Å². The first kappa shape index (κ1) is 14.7. The van der Waals surface area contributed by atoms with Gasteiger partial charge in [-0.15, -0.1) is 0 Å². The Bertz CT molecular complexity index is 518. The van der Waals surface area contributed by atoms with Crippen molar-refractivity contribution < 1.29 is 9.18 Å². The second kappa shape index (κ2) is 5.38. The van der Waals surface area contributed by atoms with E-state index in [1.165, 1.54) is 12.1 Å². The van der Waals surface area contributed by atoms with E-state index in [1.54, 1.807) is 11.0 Å². The second-order valence-corrected chi connectivity index (χ2v) is 5.77. The van der Waals surface area contributed by atoms with Gasteiger partial charge in [-0.3, -0.25) is 15.5 Å². The lowest BCUT2D eigenvalue weighted by molar-refractivity contribution is 0.0312. The molecule has 0 aliphatic carbocycles. The van der Waals surface area contributed by atoms with Crippen molar-refractivity contribution >= 4 is 11.6 Å². The van der Waals surface area contributed by atoms with Crippen LogP contribution in [0.1, 0.15) is 24.2 Å². The Hall–Kier alpha value is -1.66. The lowest BCUT2D eigenvalue weighted by Gasteiger charge is -2.45. The highest BCUT2D eigenvalue weighted by Crippen LogP contribution is 2.24. The first-order chi connectivity index (χ1) is 9.36. The van der Waals surface area contributed by atoms with Gasteiger partial charge < -0.3 is 10.3 Å². The van der Waals surface area contributed by atoms with Crippen LogP contribution < -0.4 is 11.3 Å². The summed E-state index contributed by atoms with van der Waals surface area (Å²) < 4.78 is 13.7. The molecule has 20 heavy (non-hydrogen) atoms. The molecule has 1 aromatic carbocycles. The van der Waals surface area contributed by atoms with E-state index in [0.717, 1.165) is 6.54 Å². The van der Waals surface area contributed by atoms with Gasteiger partial charge in [0, 0.05) is 25.2 Å². The standard InChI is InChI=1S/C14H21FN4O/c1-14(2)9-19(8-7-18(14)3)13(20)10-5-4-6-11(15)12(10)17-16/h4-6,17H,7-9,16H2,1-3H3. The van der Waals surface area contributed by atoms with E-state index in [9.17, 15) is 9.18 Å². The average molecular weight is 280 g/mol. The number of nitrogens with one attached hydrogen (secondary N) is 1. The Kier molecular flexibility index (Phi) is 3.96. The van der Waals surface area contributed by atoms with Crippen molar-refractivity contribution in [3.63, 3.8) is 0 Å². The molecule has 1 aliphatic rings. The fourth-order valence-corrected chi connectivity index (χ4v) is 2.43. The van der Waals surface area contributed by atoms with Crippen LogP contribution in [0.25, 0.3) is 0 Å². The molecule has 0 bridgehead atoms. The normalized spacial score (nSPS) is 18.9. The van der Waals surface area contributed by atoms with E-state index in [1.807, 2.05) is 7.05 Å². The Morgan fingerprint density at radius 1 is 1.40 bits per heavy atom. The first-order valence-corrected chi connectivity index (χ1v) is 6.62. The number of piperazine rings is 1. The number of hydrogen-bond acceptors (Lipinski definition) is 4. The summed E-state index contributed by atoms with van der Waals surface area (Å²) in [6.07, 6.45) is 0. The number of hydrogen-bond donors (Lipinski definition) is 2. The molecule has 0 atom stereocenters. The number of carbonyl (C=O) groups excluding carboxylic acids is 1. The molecular weight excluding hydrogens is 259 g/mol. The largest absolute Gasteiger partial charge is 0.335 e. The van der Waals surface area contributed by atoms with Crippen LogP contribution in [0.3, 0.4) is 0 Å². The van der Waals surface area contributed by atoms with Crippen LogP contribution in [0, 0.1) is 5.82 Å². The van der Waals surface area contributed by atoms with E-state index < -0.39 is 5.82 Å². The molecule has 0 radical (unpaired) electrons. The minimum Gasteiger partial charge on any atom is -0.335 e. The first-order valence-electron chi connectivity index (χ1n) is 6.62. The van der Waals surface area contributed by atoms with Gasteiger partial charge in [0.25, 0.3) is 5.91 Å². The van der Waals surface area contributed by atoms with Crippen molar-refractivity contribution in [1.29, 1.82) is 0 Å². The zero-order chi connectivity index (χ0) is 14.9. The highest BCUT2D eigenvalue weighted by Gasteiger charge is 2.34. The van der Waals surface area contributed by atoms with E-state index >= 15 is 0 Å². The van der Waals surface area contributed by atoms with Crippen molar-refractivity contribution in [3.05, 3.63) is 29.6 Å². The monoisotopic (exact) mass is 280 g/mol. The van der Waals surface area contributed by atoms with Gasteiger partial charge in [0.15, 0.2) is 0 Å². The quantitative estimate of drug-likeness (QED) is 0.633. The molecule has 110 valence electrons. The lowest BCUT2D eigenvalue weighted by atomic mass is 9.99. The maximum Gasteiger partial charge on any atom is 0.256 e. The topological polar surface area (TPSA) is 61.6 Å². The van der Waals surface area contributed by atoms with E-state index in [0.29, 0.717) is 13.1 Å². The lowest BCUT2D eigenvalue weighted by Crippen LogP contribution is -2.58. The molecule has 1 saturated heterocycles. The van der Waals surface area contributed by atoms with Crippen LogP contribution >= 0.6 is 0 Å². The molecule has 2 rings (SSSR count). The van der Waals surface area contributed by atoms with Gasteiger partial charge in [0.1, 0.15) is 5.82 Å². The predicted molar refractivity (Wildman–Crippen MR) is 76.8 cm³/mol. The summed E-state index contributed by atoms with van der Waals surface area (Å²) in [5.41, 5.74) is 2.50. The molecule has 0 unspecified atom stereocenters. The van der Waals surface area contributed by atoms with Crippen LogP contribution in [0.4, 0.5) is 10.1 Å². The number of anilines is 1. The summed E-state index contributed by atoms with van der Waals surface area (Å²) in [7, 11) is 2.04. The molecule has 3 N–H and O–H groups in total. The molecule has 0 saturated carbocycles. The van der Waals surface area contributed by atoms with Crippen molar-refractivity contribution in [2.45, 2.75) is 19.4 Å². The minimum atomic E-state index is -0.522. The van der Waals surface area contributed by atoms with Crippen LogP contribution in [-0.2, 0) is 0 Å². The molecule has 1 amide bonds. The number of likely N-dealkylation sites (N-methyl/N-ethyl adjacent to an activating group) is 1. The molecule has 1 aromatic rings. The Balaban J connectivity index is 2.27. The summed E-state index contributed by atoms with van der Waals surface area (Å²) in [5.74, 6) is 4.61. The van der Waals surface area contributed by atoms with Gasteiger partial charge in [-0.25, -0.2) is 4.39 Å². The van der Waals surface area contributed by atoms with Gasteiger partial charge in [-0.05, 0) is 33.0 Å². The molecule has 1 fully saturated rings. The number of nitrogens with two attached hydrogens (primary N) is 1. The van der Waals surface area contributed by atoms with Crippen LogP contribution in [0.2, 0.25) is 0 Å². The zero-order valence-electron chi connectivity index (χ0n) is 12.1. The average Bonchev–Trinajstić information content (AvgIpc) is 2.40. The van der Waals surface area contributed by atoms with Gasteiger partial charge in [-0.1, -0.05) is 6.07 Å². The minimum absolute atomic E-state index is 0.0502. The number of nitrogen functional groups attached to an aromatic ring is 1.